The highest BCUT2D eigenvalue weighted by Crippen LogP contribution is 2.31. The normalized spacial score (nSPS) is 18.1. The lowest BCUT2D eigenvalue weighted by atomic mass is 9.95. The maximum atomic E-state index is 12.3. The standard InChI is InChI=1S/C21H29N3O3S/c1-5-28(25,26)24-12-6-7-17(15-24)21-14-20(13-16(2)22-21)27-19-10-8-18(9-11-19)23(3)4/h8-11,13-14,17H,5-7,12,15H2,1-4H3/t17-/m1/s1. The van der Waals surface area contributed by atoms with Crippen molar-refractivity contribution in [1.82, 2.24) is 9.29 Å². The van der Waals surface area contributed by atoms with Crippen LogP contribution in [0.25, 0.3) is 0 Å². The predicted molar refractivity (Wildman–Crippen MR) is 113 cm³/mol. The number of rotatable bonds is 6. The minimum absolute atomic E-state index is 0.0911. The first-order valence-corrected chi connectivity index (χ1v) is 11.3. The van der Waals surface area contributed by atoms with Crippen molar-refractivity contribution in [1.29, 1.82) is 0 Å². The number of hydrogen-bond acceptors (Lipinski definition) is 5. The number of hydrogen-bond donors (Lipinski definition) is 0. The van der Waals surface area contributed by atoms with Gasteiger partial charge in [0.25, 0.3) is 0 Å². The average molecular weight is 404 g/mol. The second-order valence-electron chi connectivity index (χ2n) is 7.46. The van der Waals surface area contributed by atoms with E-state index in [0.29, 0.717) is 13.1 Å². The summed E-state index contributed by atoms with van der Waals surface area (Å²) in [7, 11) is 0.829. The molecule has 0 radical (unpaired) electrons. The van der Waals surface area contributed by atoms with E-state index in [1.54, 1.807) is 11.2 Å². The van der Waals surface area contributed by atoms with Gasteiger partial charge >= 0.3 is 0 Å². The summed E-state index contributed by atoms with van der Waals surface area (Å²) in [5, 5.41) is 0. The van der Waals surface area contributed by atoms with Gasteiger partial charge < -0.3 is 9.64 Å². The van der Waals surface area contributed by atoms with Crippen LogP contribution in [-0.4, -0.2) is 50.6 Å². The van der Waals surface area contributed by atoms with Crippen LogP contribution < -0.4 is 9.64 Å². The predicted octanol–water partition coefficient (Wildman–Crippen LogP) is 3.78. The van der Waals surface area contributed by atoms with Gasteiger partial charge in [0.1, 0.15) is 11.5 Å². The molecule has 1 aromatic carbocycles. The zero-order valence-electron chi connectivity index (χ0n) is 17.1. The number of sulfonamides is 1. The van der Waals surface area contributed by atoms with E-state index in [4.69, 9.17) is 4.74 Å². The molecule has 7 heteroatoms. The van der Waals surface area contributed by atoms with Gasteiger partial charge in [-0.2, -0.15) is 0 Å². The topological polar surface area (TPSA) is 62.7 Å². The summed E-state index contributed by atoms with van der Waals surface area (Å²) in [5.41, 5.74) is 2.88. The minimum atomic E-state index is -3.17. The maximum Gasteiger partial charge on any atom is 0.213 e. The van der Waals surface area contributed by atoms with Crippen LogP contribution in [0.2, 0.25) is 0 Å². The molecule has 1 aliphatic heterocycles. The van der Waals surface area contributed by atoms with Gasteiger partial charge in [0.2, 0.25) is 10.0 Å². The lowest BCUT2D eigenvalue weighted by Crippen LogP contribution is -2.40. The van der Waals surface area contributed by atoms with Crippen LogP contribution in [0.15, 0.2) is 36.4 Å². The molecule has 2 heterocycles. The summed E-state index contributed by atoms with van der Waals surface area (Å²) in [5.74, 6) is 1.73. The quantitative estimate of drug-likeness (QED) is 0.735. The molecule has 3 rings (SSSR count). The van der Waals surface area contributed by atoms with Crippen molar-refractivity contribution in [2.45, 2.75) is 32.6 Å². The molecule has 2 aromatic rings. The molecular formula is C21H29N3O3S. The van der Waals surface area contributed by atoms with E-state index < -0.39 is 10.0 Å². The molecule has 0 bridgehead atoms. The smallest absolute Gasteiger partial charge is 0.213 e. The average Bonchev–Trinajstić information content (AvgIpc) is 2.68. The van der Waals surface area contributed by atoms with Gasteiger partial charge in [-0.05, 0) is 51.0 Å². The first-order chi connectivity index (χ1) is 13.3. The monoisotopic (exact) mass is 403 g/mol. The van der Waals surface area contributed by atoms with Crippen molar-refractivity contribution in [2.75, 3.05) is 37.8 Å². The van der Waals surface area contributed by atoms with Gasteiger partial charge in [0, 0.05) is 62.3 Å². The molecule has 1 saturated heterocycles. The number of aryl methyl sites for hydroxylation is 1. The van der Waals surface area contributed by atoms with Gasteiger partial charge in [-0.25, -0.2) is 12.7 Å². The van der Waals surface area contributed by atoms with E-state index in [1.165, 1.54) is 0 Å². The molecule has 152 valence electrons. The zero-order chi connectivity index (χ0) is 20.3. The summed E-state index contributed by atoms with van der Waals surface area (Å²) >= 11 is 0. The number of benzene rings is 1. The van der Waals surface area contributed by atoms with Gasteiger partial charge in [0.15, 0.2) is 0 Å². The lowest BCUT2D eigenvalue weighted by molar-refractivity contribution is 0.312. The van der Waals surface area contributed by atoms with Crippen LogP contribution in [0.3, 0.4) is 0 Å². The Hall–Kier alpha value is -2.12. The van der Waals surface area contributed by atoms with Gasteiger partial charge in [-0.15, -0.1) is 0 Å². The van der Waals surface area contributed by atoms with Crippen molar-refractivity contribution in [2.24, 2.45) is 0 Å². The van der Waals surface area contributed by atoms with E-state index in [9.17, 15) is 8.42 Å². The molecule has 0 N–H and O–H groups in total. The van der Waals surface area contributed by atoms with E-state index in [0.717, 1.165) is 41.4 Å². The molecule has 1 aliphatic rings. The molecule has 1 aromatic heterocycles. The molecule has 0 unspecified atom stereocenters. The highest BCUT2D eigenvalue weighted by Gasteiger charge is 2.29. The van der Waals surface area contributed by atoms with Crippen LogP contribution in [0.1, 0.15) is 37.1 Å². The fraction of sp³-hybridized carbons (Fsp3) is 0.476. The number of aromatic nitrogens is 1. The summed E-state index contributed by atoms with van der Waals surface area (Å²) in [6.45, 7) is 4.72. The van der Waals surface area contributed by atoms with E-state index in [-0.39, 0.29) is 11.7 Å². The molecule has 0 saturated carbocycles. The van der Waals surface area contributed by atoms with Crippen LogP contribution in [0, 0.1) is 6.92 Å². The Morgan fingerprint density at radius 3 is 2.54 bits per heavy atom. The van der Waals surface area contributed by atoms with Crippen molar-refractivity contribution in [3.05, 3.63) is 47.8 Å². The molecule has 0 spiro atoms. The summed E-state index contributed by atoms with van der Waals surface area (Å²) in [6.07, 6.45) is 1.78. The Balaban J connectivity index is 1.79. The number of anilines is 1. The number of piperidine rings is 1. The minimum Gasteiger partial charge on any atom is -0.457 e. The van der Waals surface area contributed by atoms with Gasteiger partial charge in [-0.1, -0.05) is 0 Å². The zero-order valence-corrected chi connectivity index (χ0v) is 17.9. The third-order valence-electron chi connectivity index (χ3n) is 5.10. The van der Waals surface area contributed by atoms with Crippen LogP contribution in [-0.2, 0) is 10.0 Å². The first-order valence-electron chi connectivity index (χ1n) is 9.70. The third kappa shape index (κ3) is 4.83. The fourth-order valence-corrected chi connectivity index (χ4v) is 4.68. The second-order valence-corrected chi connectivity index (χ2v) is 9.71. The number of ether oxygens (including phenoxy) is 1. The Kier molecular flexibility index (Phi) is 6.25. The Labute approximate surface area is 168 Å². The molecular weight excluding hydrogens is 374 g/mol. The molecule has 0 amide bonds. The first kappa shape index (κ1) is 20.6. The number of pyridine rings is 1. The fourth-order valence-electron chi connectivity index (χ4n) is 3.50. The van der Waals surface area contributed by atoms with Gasteiger partial charge in [-0.3, -0.25) is 4.98 Å². The second kappa shape index (κ2) is 8.49. The summed E-state index contributed by atoms with van der Waals surface area (Å²) in [6, 6.07) is 11.8. The van der Waals surface area contributed by atoms with Crippen LogP contribution in [0.5, 0.6) is 11.5 Å². The largest absolute Gasteiger partial charge is 0.457 e. The SMILES string of the molecule is CCS(=O)(=O)N1CCC[C@@H](c2cc(Oc3ccc(N(C)C)cc3)cc(C)n2)C1. The number of nitrogens with zero attached hydrogens (tertiary/aromatic N) is 3. The van der Waals surface area contributed by atoms with E-state index in [1.807, 2.05) is 62.3 Å². The highest BCUT2D eigenvalue weighted by atomic mass is 32.2. The Bertz CT molecular complexity index is 911. The Morgan fingerprint density at radius 2 is 1.89 bits per heavy atom. The van der Waals surface area contributed by atoms with Crippen molar-refractivity contribution >= 4 is 15.7 Å². The van der Waals surface area contributed by atoms with Crippen molar-refractivity contribution < 1.29 is 13.2 Å². The van der Waals surface area contributed by atoms with E-state index in [2.05, 4.69) is 4.98 Å². The highest BCUT2D eigenvalue weighted by molar-refractivity contribution is 7.89. The third-order valence-corrected chi connectivity index (χ3v) is 6.94. The lowest BCUT2D eigenvalue weighted by Gasteiger charge is -2.31. The van der Waals surface area contributed by atoms with Crippen LogP contribution in [0.4, 0.5) is 5.69 Å². The molecule has 0 aliphatic carbocycles. The molecule has 6 nitrogen and oxygen atoms in total. The molecule has 1 fully saturated rings. The van der Waals surface area contributed by atoms with Crippen molar-refractivity contribution in [3.63, 3.8) is 0 Å². The summed E-state index contributed by atoms with van der Waals surface area (Å²) in [4.78, 5) is 6.71. The maximum absolute atomic E-state index is 12.3. The van der Waals surface area contributed by atoms with Crippen molar-refractivity contribution in [3.8, 4) is 11.5 Å². The molecule has 1 atom stereocenters. The van der Waals surface area contributed by atoms with E-state index >= 15 is 0 Å². The summed E-state index contributed by atoms with van der Waals surface area (Å²) < 4.78 is 32.2. The van der Waals surface area contributed by atoms with Crippen LogP contribution >= 0.6 is 0 Å². The Morgan fingerprint density at radius 1 is 1.18 bits per heavy atom. The molecule has 28 heavy (non-hydrogen) atoms. The van der Waals surface area contributed by atoms with Gasteiger partial charge in [0.05, 0.1) is 5.75 Å².